The number of benzene rings is 3. The fourth-order valence-electron chi connectivity index (χ4n) is 3.65. The van der Waals surface area contributed by atoms with E-state index in [1.165, 1.54) is 5.39 Å². The van der Waals surface area contributed by atoms with Crippen molar-refractivity contribution in [1.29, 1.82) is 0 Å². The molecule has 0 radical (unpaired) electrons. The van der Waals surface area contributed by atoms with Crippen molar-refractivity contribution < 1.29 is 9.90 Å². The van der Waals surface area contributed by atoms with Crippen LogP contribution in [-0.4, -0.2) is 15.6 Å². The van der Waals surface area contributed by atoms with E-state index in [0.717, 1.165) is 32.9 Å². The van der Waals surface area contributed by atoms with Gasteiger partial charge in [0.1, 0.15) is 0 Å². The Labute approximate surface area is 174 Å². The van der Waals surface area contributed by atoms with E-state index < -0.39 is 5.97 Å². The third-order valence-corrected chi connectivity index (χ3v) is 5.57. The van der Waals surface area contributed by atoms with Gasteiger partial charge in [-0.3, -0.25) is 0 Å². The molecule has 0 amide bonds. The number of anilines is 1. The number of aromatic carboxylic acids is 1. The Balaban J connectivity index is 1.65. The molecule has 146 valence electrons. The molecule has 0 spiro atoms. The van der Waals surface area contributed by atoms with E-state index in [1.54, 1.807) is 12.1 Å². The molecule has 5 heteroatoms. The first-order valence-corrected chi connectivity index (χ1v) is 9.79. The van der Waals surface area contributed by atoms with E-state index in [1.807, 2.05) is 49.4 Å². The van der Waals surface area contributed by atoms with Crippen LogP contribution in [0, 0.1) is 6.92 Å². The number of nitrogens with one attached hydrogen (secondary N) is 1. The van der Waals surface area contributed by atoms with Crippen LogP contribution in [-0.2, 0) is 13.1 Å². The number of rotatable bonds is 6. The molecule has 0 bridgehead atoms. The fourth-order valence-corrected chi connectivity index (χ4v) is 3.85. The Morgan fingerprint density at radius 1 is 1.00 bits per heavy atom. The number of para-hydroxylation sites is 1. The van der Waals surface area contributed by atoms with E-state index in [4.69, 9.17) is 11.6 Å². The summed E-state index contributed by atoms with van der Waals surface area (Å²) >= 11 is 6.36. The molecule has 29 heavy (non-hydrogen) atoms. The lowest BCUT2D eigenvalue weighted by molar-refractivity contribution is 0.0696. The number of hydrogen-bond acceptors (Lipinski definition) is 2. The van der Waals surface area contributed by atoms with Crippen LogP contribution in [0.4, 0.5) is 5.69 Å². The largest absolute Gasteiger partial charge is 0.478 e. The monoisotopic (exact) mass is 404 g/mol. The summed E-state index contributed by atoms with van der Waals surface area (Å²) < 4.78 is 2.20. The normalized spacial score (nSPS) is 11.0. The molecule has 0 aliphatic heterocycles. The maximum Gasteiger partial charge on any atom is 0.336 e. The van der Waals surface area contributed by atoms with Gasteiger partial charge in [-0.25, -0.2) is 4.79 Å². The molecule has 0 saturated carbocycles. The fraction of sp³-hybridized carbons (Fsp3) is 0.125. The smallest absolute Gasteiger partial charge is 0.336 e. The van der Waals surface area contributed by atoms with Gasteiger partial charge in [0.2, 0.25) is 0 Å². The van der Waals surface area contributed by atoms with Crippen molar-refractivity contribution in [1.82, 2.24) is 4.57 Å². The standard InChI is InChI=1S/C24H21ClN2O2/c1-16-19(24(28)29)9-6-11-22(16)26-13-18-15-27(23-12-5-3-8-20(18)23)14-17-7-2-4-10-21(17)25/h2-12,15,26H,13-14H2,1H3,(H,28,29). The first-order valence-electron chi connectivity index (χ1n) is 9.41. The molecule has 4 rings (SSSR count). The van der Waals surface area contributed by atoms with Crippen molar-refractivity contribution >= 4 is 34.2 Å². The lowest BCUT2D eigenvalue weighted by Crippen LogP contribution is -2.05. The van der Waals surface area contributed by atoms with Gasteiger partial charge < -0.3 is 15.0 Å². The minimum absolute atomic E-state index is 0.316. The molecular formula is C24H21ClN2O2. The molecule has 3 aromatic carbocycles. The Bertz CT molecular complexity index is 1200. The van der Waals surface area contributed by atoms with Crippen LogP contribution in [0.1, 0.15) is 27.0 Å². The predicted molar refractivity (Wildman–Crippen MR) is 118 cm³/mol. The van der Waals surface area contributed by atoms with Crippen molar-refractivity contribution in [2.75, 3.05) is 5.32 Å². The molecule has 0 fully saturated rings. The summed E-state index contributed by atoms with van der Waals surface area (Å²) in [5.41, 5.74) is 5.23. The maximum atomic E-state index is 11.4. The molecule has 1 heterocycles. The second kappa shape index (κ2) is 8.02. The van der Waals surface area contributed by atoms with Gasteiger partial charge in [0.05, 0.1) is 5.56 Å². The van der Waals surface area contributed by atoms with E-state index >= 15 is 0 Å². The molecule has 4 aromatic rings. The first kappa shape index (κ1) is 19.1. The van der Waals surface area contributed by atoms with Gasteiger partial charge in [0.15, 0.2) is 0 Å². The molecule has 0 saturated heterocycles. The van der Waals surface area contributed by atoms with Crippen molar-refractivity contribution in [2.45, 2.75) is 20.0 Å². The molecule has 1 aromatic heterocycles. The lowest BCUT2D eigenvalue weighted by atomic mass is 10.1. The van der Waals surface area contributed by atoms with Crippen LogP contribution < -0.4 is 5.32 Å². The van der Waals surface area contributed by atoms with E-state index in [0.29, 0.717) is 18.7 Å². The summed E-state index contributed by atoms with van der Waals surface area (Å²) in [4.78, 5) is 11.4. The quantitative estimate of drug-likeness (QED) is 0.416. The third kappa shape index (κ3) is 3.84. The van der Waals surface area contributed by atoms with Crippen molar-refractivity contribution in [3.05, 3.63) is 100 Å². The number of carboxylic acid groups (broad SMARTS) is 1. The minimum atomic E-state index is -0.914. The SMILES string of the molecule is Cc1c(NCc2cn(Cc3ccccc3Cl)c3ccccc23)cccc1C(=O)O. The Morgan fingerprint density at radius 3 is 2.55 bits per heavy atom. The highest BCUT2D eigenvalue weighted by Crippen LogP contribution is 2.26. The summed E-state index contributed by atoms with van der Waals surface area (Å²) in [7, 11) is 0. The number of halogens is 1. The highest BCUT2D eigenvalue weighted by atomic mass is 35.5. The summed E-state index contributed by atoms with van der Waals surface area (Å²) in [5, 5.41) is 14.7. The van der Waals surface area contributed by atoms with Gasteiger partial charge in [0.25, 0.3) is 0 Å². The Kier molecular flexibility index (Phi) is 5.28. The van der Waals surface area contributed by atoms with Crippen LogP contribution in [0.15, 0.2) is 72.9 Å². The predicted octanol–water partition coefficient (Wildman–Crippen LogP) is 5.96. The maximum absolute atomic E-state index is 11.4. The third-order valence-electron chi connectivity index (χ3n) is 5.20. The molecule has 2 N–H and O–H groups in total. The van der Waals surface area contributed by atoms with Gasteiger partial charge >= 0.3 is 5.97 Å². The molecule has 0 unspecified atom stereocenters. The number of nitrogens with zero attached hydrogens (tertiary/aromatic N) is 1. The van der Waals surface area contributed by atoms with Crippen molar-refractivity contribution in [2.24, 2.45) is 0 Å². The number of carbonyl (C=O) groups is 1. The van der Waals surface area contributed by atoms with E-state index in [-0.39, 0.29) is 0 Å². The average Bonchev–Trinajstić information content (AvgIpc) is 3.06. The lowest BCUT2D eigenvalue weighted by Gasteiger charge is -2.11. The second-order valence-corrected chi connectivity index (χ2v) is 7.43. The number of hydrogen-bond donors (Lipinski definition) is 2. The number of fused-ring (bicyclic) bond motifs is 1. The van der Waals surface area contributed by atoms with E-state index in [9.17, 15) is 9.90 Å². The number of aromatic nitrogens is 1. The van der Waals surface area contributed by atoms with E-state index in [2.05, 4.69) is 28.2 Å². The van der Waals surface area contributed by atoms with Crippen LogP contribution in [0.3, 0.4) is 0 Å². The van der Waals surface area contributed by atoms with Gasteiger partial charge in [-0.15, -0.1) is 0 Å². The molecule has 0 atom stereocenters. The minimum Gasteiger partial charge on any atom is -0.478 e. The van der Waals surface area contributed by atoms with Crippen LogP contribution in [0.5, 0.6) is 0 Å². The summed E-state index contributed by atoms with van der Waals surface area (Å²) in [6, 6.07) is 21.4. The average molecular weight is 405 g/mol. The van der Waals surface area contributed by atoms with Crippen molar-refractivity contribution in [3.8, 4) is 0 Å². The summed E-state index contributed by atoms with van der Waals surface area (Å²) in [5.74, 6) is -0.914. The zero-order chi connectivity index (χ0) is 20.4. The van der Waals surface area contributed by atoms with Crippen LogP contribution >= 0.6 is 11.6 Å². The molecule has 0 aliphatic rings. The second-order valence-electron chi connectivity index (χ2n) is 7.03. The topological polar surface area (TPSA) is 54.3 Å². The Morgan fingerprint density at radius 2 is 1.76 bits per heavy atom. The summed E-state index contributed by atoms with van der Waals surface area (Å²) in [6.07, 6.45) is 2.14. The van der Waals surface area contributed by atoms with Gasteiger partial charge in [-0.1, -0.05) is 54.1 Å². The van der Waals surface area contributed by atoms with Gasteiger partial charge in [-0.2, -0.15) is 0 Å². The van der Waals surface area contributed by atoms with Crippen LogP contribution in [0.25, 0.3) is 10.9 Å². The van der Waals surface area contributed by atoms with Gasteiger partial charge in [0, 0.05) is 40.9 Å². The zero-order valence-electron chi connectivity index (χ0n) is 16.0. The highest BCUT2D eigenvalue weighted by Gasteiger charge is 2.12. The molecule has 0 aliphatic carbocycles. The first-order chi connectivity index (χ1) is 14.0. The molecular weight excluding hydrogens is 384 g/mol. The van der Waals surface area contributed by atoms with Crippen molar-refractivity contribution in [3.63, 3.8) is 0 Å². The molecule has 4 nitrogen and oxygen atoms in total. The number of carboxylic acids is 1. The Hall–Kier alpha value is -3.24. The summed E-state index contributed by atoms with van der Waals surface area (Å²) in [6.45, 7) is 3.11. The highest BCUT2D eigenvalue weighted by molar-refractivity contribution is 6.31. The van der Waals surface area contributed by atoms with Gasteiger partial charge in [-0.05, 0) is 47.9 Å². The van der Waals surface area contributed by atoms with Crippen LogP contribution in [0.2, 0.25) is 5.02 Å². The zero-order valence-corrected chi connectivity index (χ0v) is 16.8.